The third-order valence-electron chi connectivity index (χ3n) is 5.18. The average molecular weight is 506 g/mol. The zero-order valence-electron chi connectivity index (χ0n) is 19.6. The normalized spacial score (nSPS) is 16.6. The van der Waals surface area contributed by atoms with E-state index in [9.17, 15) is 18.5 Å². The molecule has 182 valence electrons. The van der Waals surface area contributed by atoms with E-state index in [0.717, 1.165) is 11.9 Å². The number of benzene rings is 2. The van der Waals surface area contributed by atoms with Crippen molar-refractivity contribution in [2.75, 3.05) is 37.4 Å². The van der Waals surface area contributed by atoms with Crippen molar-refractivity contribution >= 4 is 33.2 Å². The highest BCUT2D eigenvalue weighted by Crippen LogP contribution is 2.26. The van der Waals surface area contributed by atoms with Crippen LogP contribution in [0.25, 0.3) is 0 Å². The smallest absolute Gasteiger partial charge is 0.410 e. The first-order valence-electron chi connectivity index (χ1n) is 10.7. The highest BCUT2D eigenvalue weighted by atomic mass is 35.5. The predicted octanol–water partition coefficient (Wildman–Crippen LogP) is 4.12. The highest BCUT2D eigenvalue weighted by Gasteiger charge is 2.34. The average Bonchev–Trinajstić information content (AvgIpc) is 2.75. The Morgan fingerprint density at radius 2 is 1.85 bits per heavy atom. The molecule has 1 aliphatic rings. The summed E-state index contributed by atoms with van der Waals surface area (Å²) in [6.45, 7) is 6.96. The molecule has 0 aliphatic carbocycles. The molecule has 0 aromatic heterocycles. The number of piperazine rings is 1. The summed E-state index contributed by atoms with van der Waals surface area (Å²) < 4.78 is 34.9. The monoisotopic (exact) mass is 505 g/mol. The van der Waals surface area contributed by atoms with Gasteiger partial charge in [-0.25, -0.2) is 13.2 Å². The van der Waals surface area contributed by atoms with Crippen LogP contribution in [0.5, 0.6) is 5.75 Å². The van der Waals surface area contributed by atoms with Gasteiger partial charge in [-0.3, -0.25) is 4.90 Å². The number of carbonyl (C=O) groups excluding carboxylic acids is 1. The number of halogens is 1. The van der Waals surface area contributed by atoms with Gasteiger partial charge in [0.05, 0.1) is 22.6 Å². The lowest BCUT2D eigenvalue weighted by molar-refractivity contribution is 0.00859. The molecule has 10 heteroatoms. The van der Waals surface area contributed by atoms with Gasteiger partial charge >= 0.3 is 6.09 Å². The van der Waals surface area contributed by atoms with E-state index < -0.39 is 21.5 Å². The summed E-state index contributed by atoms with van der Waals surface area (Å²) >= 11 is 6.19. The van der Waals surface area contributed by atoms with Crippen molar-refractivity contribution < 1.29 is 22.7 Å². The van der Waals surface area contributed by atoms with E-state index in [1.165, 1.54) is 12.1 Å². The van der Waals surface area contributed by atoms with Gasteiger partial charge in [0.1, 0.15) is 18.0 Å². The number of ether oxygens (including phenoxy) is 2. The zero-order chi connectivity index (χ0) is 25.1. The van der Waals surface area contributed by atoms with Crippen molar-refractivity contribution in [2.24, 2.45) is 0 Å². The fourth-order valence-electron chi connectivity index (χ4n) is 3.59. The van der Waals surface area contributed by atoms with Crippen LogP contribution in [0.4, 0.5) is 10.5 Å². The van der Waals surface area contributed by atoms with Crippen LogP contribution in [0.1, 0.15) is 26.3 Å². The van der Waals surface area contributed by atoms with E-state index in [-0.39, 0.29) is 17.5 Å². The van der Waals surface area contributed by atoms with Crippen LogP contribution in [-0.4, -0.2) is 63.6 Å². The van der Waals surface area contributed by atoms with Gasteiger partial charge in [0.15, 0.2) is 9.84 Å². The minimum Gasteiger partial charge on any atom is -0.491 e. The first kappa shape index (κ1) is 25.7. The molecule has 1 fully saturated rings. The quantitative estimate of drug-likeness (QED) is 0.602. The number of anilines is 1. The van der Waals surface area contributed by atoms with E-state index in [2.05, 4.69) is 6.07 Å². The van der Waals surface area contributed by atoms with Crippen molar-refractivity contribution in [1.82, 2.24) is 4.90 Å². The Morgan fingerprint density at radius 1 is 1.18 bits per heavy atom. The van der Waals surface area contributed by atoms with Crippen LogP contribution in [0.3, 0.4) is 0 Å². The fraction of sp³-hybridized carbons (Fsp3) is 0.417. The Kier molecular flexibility index (Phi) is 7.64. The molecule has 1 amide bonds. The number of sulfone groups is 1. The lowest BCUT2D eigenvalue weighted by Gasteiger charge is -2.42. The number of rotatable bonds is 5. The Labute approximate surface area is 205 Å². The number of hydrogen-bond donors (Lipinski definition) is 0. The predicted molar refractivity (Wildman–Crippen MR) is 130 cm³/mol. The Bertz CT molecular complexity index is 1190. The summed E-state index contributed by atoms with van der Waals surface area (Å²) in [6.07, 6.45) is 0.711. The molecule has 34 heavy (non-hydrogen) atoms. The highest BCUT2D eigenvalue weighted by molar-refractivity contribution is 7.90. The molecule has 1 aliphatic heterocycles. The van der Waals surface area contributed by atoms with Crippen LogP contribution in [0.2, 0.25) is 5.02 Å². The van der Waals surface area contributed by atoms with Gasteiger partial charge in [-0.05, 0) is 63.2 Å². The van der Waals surface area contributed by atoms with Crippen LogP contribution in [0.15, 0.2) is 47.4 Å². The summed E-state index contributed by atoms with van der Waals surface area (Å²) in [7, 11) is -3.31. The standard InChI is InChI=1S/C24H28ClN3O5S/c1-24(2,3)33-23(29)28-10-9-27(19-12-17(14-26)11-18(25)13-19)15-20(28)16-32-21-5-7-22(8-6-21)34(4,30)31/h5-8,11-13,20H,9-10,15-16H2,1-4H3/t20-/m0/s1. The molecule has 0 bridgehead atoms. The molecule has 0 radical (unpaired) electrons. The van der Waals surface area contributed by atoms with Crippen molar-refractivity contribution in [3.8, 4) is 11.8 Å². The van der Waals surface area contributed by atoms with Gasteiger partial charge in [-0.2, -0.15) is 5.26 Å². The maximum Gasteiger partial charge on any atom is 0.410 e. The SMILES string of the molecule is CC(C)(C)OC(=O)N1CCN(c2cc(Cl)cc(C#N)c2)C[C@H]1COc1ccc(S(C)(=O)=O)cc1. The van der Waals surface area contributed by atoms with Gasteiger partial charge in [-0.1, -0.05) is 11.6 Å². The number of amides is 1. The van der Waals surface area contributed by atoms with E-state index >= 15 is 0 Å². The number of nitriles is 1. The van der Waals surface area contributed by atoms with Crippen LogP contribution < -0.4 is 9.64 Å². The van der Waals surface area contributed by atoms with Crippen LogP contribution in [0, 0.1) is 11.3 Å². The van der Waals surface area contributed by atoms with Crippen LogP contribution in [-0.2, 0) is 14.6 Å². The molecule has 2 aromatic carbocycles. The van der Waals surface area contributed by atoms with Gasteiger partial charge in [-0.15, -0.1) is 0 Å². The molecular formula is C24H28ClN3O5S. The maximum absolute atomic E-state index is 12.9. The molecule has 0 spiro atoms. The number of carbonyl (C=O) groups is 1. The summed E-state index contributed by atoms with van der Waals surface area (Å²) in [4.78, 5) is 16.8. The van der Waals surface area contributed by atoms with Gasteiger partial charge < -0.3 is 14.4 Å². The van der Waals surface area contributed by atoms with E-state index in [1.54, 1.807) is 35.2 Å². The lowest BCUT2D eigenvalue weighted by atomic mass is 10.1. The van der Waals surface area contributed by atoms with Gasteiger partial charge in [0.25, 0.3) is 0 Å². The number of nitrogens with zero attached hydrogens (tertiary/aromatic N) is 3. The van der Waals surface area contributed by atoms with Crippen molar-refractivity contribution in [2.45, 2.75) is 37.3 Å². The Morgan fingerprint density at radius 3 is 2.44 bits per heavy atom. The minimum absolute atomic E-state index is 0.166. The first-order valence-corrected chi connectivity index (χ1v) is 13.0. The van der Waals surface area contributed by atoms with E-state index in [0.29, 0.717) is 36.0 Å². The topological polar surface area (TPSA) is 99.9 Å². The molecule has 0 unspecified atom stereocenters. The van der Waals surface area contributed by atoms with Gasteiger partial charge in [0, 0.05) is 36.6 Å². The molecule has 1 saturated heterocycles. The van der Waals surface area contributed by atoms with E-state index in [4.69, 9.17) is 21.1 Å². The molecule has 0 saturated carbocycles. The maximum atomic E-state index is 12.9. The molecule has 1 atom stereocenters. The molecule has 2 aromatic rings. The molecule has 1 heterocycles. The summed E-state index contributed by atoms with van der Waals surface area (Å²) in [5, 5.41) is 9.75. The Balaban J connectivity index is 1.80. The van der Waals surface area contributed by atoms with E-state index in [1.807, 2.05) is 25.7 Å². The van der Waals surface area contributed by atoms with Crippen molar-refractivity contribution in [3.63, 3.8) is 0 Å². The Hall–Kier alpha value is -2.96. The first-order chi connectivity index (χ1) is 15.9. The molecule has 0 N–H and O–H groups in total. The second-order valence-electron chi connectivity index (χ2n) is 9.14. The van der Waals surface area contributed by atoms with Gasteiger partial charge in [0.2, 0.25) is 0 Å². The summed E-state index contributed by atoms with van der Waals surface area (Å²) in [6, 6.07) is 13.0. The zero-order valence-corrected chi connectivity index (χ0v) is 21.2. The largest absolute Gasteiger partial charge is 0.491 e. The third kappa shape index (κ3) is 6.78. The number of hydrogen-bond acceptors (Lipinski definition) is 7. The molecule has 3 rings (SSSR count). The fourth-order valence-corrected chi connectivity index (χ4v) is 4.45. The molecule has 8 nitrogen and oxygen atoms in total. The summed E-state index contributed by atoms with van der Waals surface area (Å²) in [5.41, 5.74) is 0.599. The van der Waals surface area contributed by atoms with Crippen molar-refractivity contribution in [1.29, 1.82) is 5.26 Å². The van der Waals surface area contributed by atoms with Crippen molar-refractivity contribution in [3.05, 3.63) is 53.1 Å². The lowest BCUT2D eigenvalue weighted by Crippen LogP contribution is -2.58. The summed E-state index contributed by atoms with van der Waals surface area (Å²) in [5.74, 6) is 0.489. The molecular weight excluding hydrogens is 478 g/mol. The second kappa shape index (κ2) is 10.1. The van der Waals surface area contributed by atoms with Crippen LogP contribution >= 0.6 is 11.6 Å². The third-order valence-corrected chi connectivity index (χ3v) is 6.53. The minimum atomic E-state index is -3.31. The second-order valence-corrected chi connectivity index (χ2v) is 11.6.